The van der Waals surface area contributed by atoms with E-state index in [1.807, 2.05) is 45.2 Å². The van der Waals surface area contributed by atoms with Crippen LogP contribution in [0.4, 0.5) is 0 Å². The summed E-state index contributed by atoms with van der Waals surface area (Å²) in [5.74, 6) is 0.917. The number of hydrogen-bond acceptors (Lipinski definition) is 3. The fraction of sp³-hybridized carbons (Fsp3) is 0.533. The summed E-state index contributed by atoms with van der Waals surface area (Å²) in [4.78, 5) is 14.1. The Hall–Kier alpha value is -1.55. The third-order valence-electron chi connectivity index (χ3n) is 3.25. The van der Waals surface area contributed by atoms with E-state index in [9.17, 15) is 4.79 Å². The van der Waals surface area contributed by atoms with E-state index >= 15 is 0 Å². The Kier molecular flexibility index (Phi) is 5.36. The van der Waals surface area contributed by atoms with Crippen molar-refractivity contribution in [1.29, 1.82) is 0 Å². The maximum absolute atomic E-state index is 12.4. The monoisotopic (exact) mass is 264 g/mol. The lowest BCUT2D eigenvalue weighted by Gasteiger charge is -2.29. The van der Waals surface area contributed by atoms with Crippen molar-refractivity contribution in [2.45, 2.75) is 26.8 Å². The first-order valence-electron chi connectivity index (χ1n) is 6.49. The molecule has 0 radical (unpaired) electrons. The topological polar surface area (TPSA) is 55.6 Å². The van der Waals surface area contributed by atoms with Crippen LogP contribution in [-0.4, -0.2) is 31.5 Å². The maximum Gasteiger partial charge on any atom is 0.228 e. The summed E-state index contributed by atoms with van der Waals surface area (Å²) in [5, 5.41) is 0. The van der Waals surface area contributed by atoms with E-state index in [1.54, 1.807) is 12.0 Å². The zero-order chi connectivity index (χ0) is 14.5. The van der Waals surface area contributed by atoms with Crippen molar-refractivity contribution < 1.29 is 9.53 Å². The van der Waals surface area contributed by atoms with Crippen LogP contribution in [0, 0.1) is 5.41 Å². The number of nitrogens with two attached hydrogens (primary N) is 1. The summed E-state index contributed by atoms with van der Waals surface area (Å²) in [5.41, 5.74) is 6.20. The van der Waals surface area contributed by atoms with E-state index in [0.717, 1.165) is 11.3 Å². The molecule has 1 rings (SSSR count). The number of carbonyl (C=O) groups excluding carboxylic acids is 1. The van der Waals surface area contributed by atoms with Crippen LogP contribution in [0.2, 0.25) is 0 Å². The maximum atomic E-state index is 12.4. The largest absolute Gasteiger partial charge is 0.497 e. The Morgan fingerprint density at radius 3 is 2.68 bits per heavy atom. The summed E-state index contributed by atoms with van der Waals surface area (Å²) < 4.78 is 5.18. The van der Waals surface area contributed by atoms with Gasteiger partial charge in [-0.1, -0.05) is 26.0 Å². The summed E-state index contributed by atoms with van der Waals surface area (Å²) in [6.07, 6.45) is 0.689. The van der Waals surface area contributed by atoms with Crippen LogP contribution >= 0.6 is 0 Å². The Balaban J connectivity index is 2.73. The molecule has 0 atom stereocenters. The molecule has 4 heteroatoms. The van der Waals surface area contributed by atoms with Gasteiger partial charge in [0, 0.05) is 19.0 Å². The first-order valence-corrected chi connectivity index (χ1v) is 6.49. The second kappa shape index (κ2) is 6.57. The molecule has 0 spiro atoms. The Morgan fingerprint density at radius 2 is 2.11 bits per heavy atom. The fourth-order valence-electron chi connectivity index (χ4n) is 2.10. The van der Waals surface area contributed by atoms with E-state index in [-0.39, 0.29) is 5.91 Å². The molecule has 1 aromatic carbocycles. The van der Waals surface area contributed by atoms with Gasteiger partial charge < -0.3 is 15.4 Å². The average molecular weight is 264 g/mol. The molecule has 0 bridgehead atoms. The smallest absolute Gasteiger partial charge is 0.228 e. The van der Waals surface area contributed by atoms with Gasteiger partial charge in [-0.25, -0.2) is 0 Å². The SMILES string of the molecule is COc1cccc(CN(C)C(=O)C(C)(C)CCN)c1. The van der Waals surface area contributed by atoms with Gasteiger partial charge in [0.05, 0.1) is 7.11 Å². The van der Waals surface area contributed by atoms with Gasteiger partial charge >= 0.3 is 0 Å². The molecule has 19 heavy (non-hydrogen) atoms. The van der Waals surface area contributed by atoms with Crippen LogP contribution in [0.25, 0.3) is 0 Å². The number of ether oxygens (including phenoxy) is 1. The standard InChI is InChI=1S/C15H24N2O2/c1-15(2,8-9-16)14(18)17(3)11-12-6-5-7-13(10-12)19-4/h5-7,10H,8-9,11,16H2,1-4H3. The van der Waals surface area contributed by atoms with Crippen molar-refractivity contribution in [3.63, 3.8) is 0 Å². The lowest BCUT2D eigenvalue weighted by molar-refractivity contribution is -0.139. The second-order valence-electron chi connectivity index (χ2n) is 5.44. The van der Waals surface area contributed by atoms with Crippen LogP contribution in [-0.2, 0) is 11.3 Å². The molecule has 0 unspecified atom stereocenters. The minimum atomic E-state index is -0.414. The van der Waals surface area contributed by atoms with E-state index < -0.39 is 5.41 Å². The van der Waals surface area contributed by atoms with Crippen molar-refractivity contribution in [2.24, 2.45) is 11.1 Å². The molecule has 0 fully saturated rings. The van der Waals surface area contributed by atoms with Gasteiger partial charge in [-0.2, -0.15) is 0 Å². The van der Waals surface area contributed by atoms with Gasteiger partial charge in [0.25, 0.3) is 0 Å². The predicted octanol–water partition coefficient (Wildman–Crippen LogP) is 2.03. The molecule has 2 N–H and O–H groups in total. The van der Waals surface area contributed by atoms with Crippen LogP contribution in [0.15, 0.2) is 24.3 Å². The second-order valence-corrected chi connectivity index (χ2v) is 5.44. The van der Waals surface area contributed by atoms with E-state index in [1.165, 1.54) is 0 Å². The minimum Gasteiger partial charge on any atom is -0.497 e. The molecule has 1 aromatic rings. The number of methoxy groups -OCH3 is 1. The van der Waals surface area contributed by atoms with Crippen LogP contribution in [0.3, 0.4) is 0 Å². The van der Waals surface area contributed by atoms with E-state index in [0.29, 0.717) is 19.5 Å². The minimum absolute atomic E-state index is 0.112. The van der Waals surface area contributed by atoms with Crippen molar-refractivity contribution in [3.8, 4) is 5.75 Å². The Morgan fingerprint density at radius 1 is 1.42 bits per heavy atom. The summed E-state index contributed by atoms with van der Waals surface area (Å²) in [7, 11) is 3.46. The number of amides is 1. The third kappa shape index (κ3) is 4.24. The molecular formula is C15H24N2O2. The van der Waals surface area contributed by atoms with Crippen molar-refractivity contribution in [2.75, 3.05) is 20.7 Å². The molecule has 1 amide bonds. The third-order valence-corrected chi connectivity index (χ3v) is 3.25. The molecule has 0 aliphatic heterocycles. The Bertz CT molecular complexity index is 430. The van der Waals surface area contributed by atoms with Gasteiger partial charge in [0.1, 0.15) is 5.75 Å². The summed E-state index contributed by atoms with van der Waals surface area (Å²) in [6.45, 7) is 4.96. The van der Waals surface area contributed by atoms with Gasteiger partial charge in [-0.15, -0.1) is 0 Å². The van der Waals surface area contributed by atoms with Crippen LogP contribution in [0.5, 0.6) is 5.75 Å². The zero-order valence-electron chi connectivity index (χ0n) is 12.3. The van der Waals surface area contributed by atoms with Crippen molar-refractivity contribution >= 4 is 5.91 Å². The van der Waals surface area contributed by atoms with Gasteiger partial charge in [0.2, 0.25) is 5.91 Å². The molecule has 0 heterocycles. The number of benzene rings is 1. The van der Waals surface area contributed by atoms with Crippen molar-refractivity contribution in [3.05, 3.63) is 29.8 Å². The number of rotatable bonds is 6. The predicted molar refractivity (Wildman–Crippen MR) is 76.9 cm³/mol. The van der Waals surface area contributed by atoms with Gasteiger partial charge in [0.15, 0.2) is 0 Å². The number of nitrogens with zero attached hydrogens (tertiary/aromatic N) is 1. The quantitative estimate of drug-likeness (QED) is 0.855. The molecule has 4 nitrogen and oxygen atoms in total. The molecule has 0 saturated carbocycles. The van der Waals surface area contributed by atoms with Gasteiger partial charge in [-0.3, -0.25) is 4.79 Å². The average Bonchev–Trinajstić information content (AvgIpc) is 2.38. The van der Waals surface area contributed by atoms with E-state index in [4.69, 9.17) is 10.5 Å². The van der Waals surface area contributed by atoms with Gasteiger partial charge in [-0.05, 0) is 30.7 Å². The highest BCUT2D eigenvalue weighted by Crippen LogP contribution is 2.23. The highest BCUT2D eigenvalue weighted by Gasteiger charge is 2.29. The summed E-state index contributed by atoms with van der Waals surface area (Å²) in [6, 6.07) is 7.75. The lowest BCUT2D eigenvalue weighted by atomic mass is 9.87. The molecule has 106 valence electrons. The normalized spacial score (nSPS) is 11.2. The highest BCUT2D eigenvalue weighted by molar-refractivity contribution is 5.81. The molecular weight excluding hydrogens is 240 g/mol. The number of hydrogen-bond donors (Lipinski definition) is 1. The van der Waals surface area contributed by atoms with Crippen LogP contribution in [0.1, 0.15) is 25.8 Å². The summed E-state index contributed by atoms with van der Waals surface area (Å²) >= 11 is 0. The molecule has 0 aromatic heterocycles. The first kappa shape index (κ1) is 15.5. The van der Waals surface area contributed by atoms with Crippen LogP contribution < -0.4 is 10.5 Å². The van der Waals surface area contributed by atoms with E-state index in [2.05, 4.69) is 0 Å². The van der Waals surface area contributed by atoms with Crippen molar-refractivity contribution in [1.82, 2.24) is 4.90 Å². The molecule has 0 aliphatic carbocycles. The number of carbonyl (C=O) groups is 1. The highest BCUT2D eigenvalue weighted by atomic mass is 16.5. The lowest BCUT2D eigenvalue weighted by Crippen LogP contribution is -2.39. The molecule has 0 aliphatic rings. The first-order chi connectivity index (χ1) is 8.90. The fourth-order valence-corrected chi connectivity index (χ4v) is 2.10. The zero-order valence-corrected chi connectivity index (χ0v) is 12.3. The Labute approximate surface area is 115 Å². The molecule has 0 saturated heterocycles.